The summed E-state index contributed by atoms with van der Waals surface area (Å²) in [5.41, 5.74) is 2.37. The Labute approximate surface area is 59.4 Å². The molecule has 0 spiro atoms. The number of hydrogen-bond acceptors (Lipinski definition) is 2. The number of nitrogens with zero attached hydrogens (tertiary/aromatic N) is 3. The van der Waals surface area contributed by atoms with Crippen LogP contribution in [-0.4, -0.2) is 22.5 Å². The predicted octanol–water partition coefficient (Wildman–Crippen LogP) is 0.624. The van der Waals surface area contributed by atoms with Gasteiger partial charge in [0.2, 0.25) is 0 Å². The zero-order valence-electron chi connectivity index (χ0n) is 5.91. The highest BCUT2D eigenvalue weighted by atomic mass is 15.3. The average Bonchev–Trinajstić information content (AvgIpc) is 2.34. The van der Waals surface area contributed by atoms with E-state index in [1.54, 1.807) is 0 Å². The van der Waals surface area contributed by atoms with Gasteiger partial charge in [-0.05, 0) is 12.5 Å². The lowest BCUT2D eigenvalue weighted by molar-refractivity contribution is 0.610. The molecule has 0 saturated heterocycles. The fourth-order valence-electron chi connectivity index (χ4n) is 1.14. The van der Waals surface area contributed by atoms with Crippen LogP contribution in [0.4, 0.5) is 0 Å². The summed E-state index contributed by atoms with van der Waals surface area (Å²) in [7, 11) is 0. The minimum atomic E-state index is 0.869. The van der Waals surface area contributed by atoms with Gasteiger partial charge in [-0.3, -0.25) is 9.67 Å². The Morgan fingerprint density at radius 3 is 3.30 bits per heavy atom. The van der Waals surface area contributed by atoms with Gasteiger partial charge in [0, 0.05) is 6.21 Å². The summed E-state index contributed by atoms with van der Waals surface area (Å²) in [6.07, 6.45) is 3.78. The normalized spacial score (nSPS) is 15.3. The van der Waals surface area contributed by atoms with Crippen molar-refractivity contribution in [3.05, 3.63) is 17.5 Å². The molecule has 0 unspecified atom stereocenters. The fourth-order valence-corrected chi connectivity index (χ4v) is 1.14. The molecule has 10 heavy (non-hydrogen) atoms. The van der Waals surface area contributed by atoms with Crippen molar-refractivity contribution in [2.75, 3.05) is 6.54 Å². The molecule has 0 bridgehead atoms. The monoisotopic (exact) mass is 135 g/mol. The van der Waals surface area contributed by atoms with Crippen LogP contribution in [0.5, 0.6) is 0 Å². The summed E-state index contributed by atoms with van der Waals surface area (Å²) in [5, 5.41) is 4.18. The van der Waals surface area contributed by atoms with E-state index >= 15 is 0 Å². The first-order chi connectivity index (χ1) is 4.88. The third kappa shape index (κ3) is 0.667. The van der Waals surface area contributed by atoms with E-state index in [9.17, 15) is 0 Å². The maximum atomic E-state index is 4.18. The second-order valence-electron chi connectivity index (χ2n) is 2.47. The fraction of sp³-hybridized carbons (Fsp3) is 0.429. The number of hydrogen-bond donors (Lipinski definition) is 0. The molecule has 1 aromatic heterocycles. The molecule has 0 saturated carbocycles. The van der Waals surface area contributed by atoms with Crippen molar-refractivity contribution < 1.29 is 0 Å². The number of rotatable bonds is 0. The van der Waals surface area contributed by atoms with Crippen molar-refractivity contribution in [2.24, 2.45) is 4.99 Å². The van der Waals surface area contributed by atoms with Gasteiger partial charge in [0.1, 0.15) is 0 Å². The molecule has 52 valence electrons. The van der Waals surface area contributed by atoms with Gasteiger partial charge in [-0.1, -0.05) is 0 Å². The van der Waals surface area contributed by atoms with Crippen molar-refractivity contribution in [2.45, 2.75) is 13.5 Å². The molecule has 0 aliphatic carbocycles. The van der Waals surface area contributed by atoms with Crippen LogP contribution in [0.2, 0.25) is 0 Å². The van der Waals surface area contributed by atoms with E-state index in [1.165, 1.54) is 5.56 Å². The highest BCUT2D eigenvalue weighted by Crippen LogP contribution is 2.06. The Morgan fingerprint density at radius 2 is 2.50 bits per heavy atom. The van der Waals surface area contributed by atoms with Crippen molar-refractivity contribution in [1.29, 1.82) is 0 Å². The maximum absolute atomic E-state index is 4.18. The molecule has 2 heterocycles. The highest BCUT2D eigenvalue weighted by molar-refractivity contribution is 5.79. The Morgan fingerprint density at radius 1 is 1.60 bits per heavy atom. The van der Waals surface area contributed by atoms with Gasteiger partial charge in [0.25, 0.3) is 0 Å². The Bertz CT molecular complexity index is 272. The zero-order valence-corrected chi connectivity index (χ0v) is 5.91. The van der Waals surface area contributed by atoms with E-state index in [2.05, 4.69) is 17.0 Å². The van der Waals surface area contributed by atoms with Crippen molar-refractivity contribution in [1.82, 2.24) is 9.78 Å². The molecule has 1 aliphatic rings. The standard InChI is InChI=1S/C7H9N3/c1-6-4-9-10-3-2-8-5-7(6)10/h4-5H,2-3H2,1H3. The Balaban J connectivity index is 2.57. The summed E-state index contributed by atoms with van der Waals surface area (Å²) in [5.74, 6) is 0. The van der Waals surface area contributed by atoms with Crippen molar-refractivity contribution in [3.8, 4) is 0 Å². The van der Waals surface area contributed by atoms with E-state index in [4.69, 9.17) is 0 Å². The first kappa shape index (κ1) is 5.65. The topological polar surface area (TPSA) is 30.2 Å². The summed E-state index contributed by atoms with van der Waals surface area (Å²) >= 11 is 0. The van der Waals surface area contributed by atoms with E-state index in [-0.39, 0.29) is 0 Å². The number of aliphatic imine (C=N–C) groups is 1. The van der Waals surface area contributed by atoms with Crippen LogP contribution < -0.4 is 0 Å². The second kappa shape index (κ2) is 1.94. The number of aromatic nitrogens is 2. The van der Waals surface area contributed by atoms with Crippen LogP contribution in [0, 0.1) is 6.92 Å². The molecule has 2 rings (SSSR count). The van der Waals surface area contributed by atoms with E-state index in [1.807, 2.05) is 17.1 Å². The van der Waals surface area contributed by atoms with Gasteiger partial charge in [-0.15, -0.1) is 0 Å². The molecule has 0 radical (unpaired) electrons. The lowest BCUT2D eigenvalue weighted by Crippen LogP contribution is -2.12. The van der Waals surface area contributed by atoms with E-state index in [0.717, 1.165) is 18.8 Å². The van der Waals surface area contributed by atoms with Crippen LogP contribution in [0.1, 0.15) is 11.3 Å². The molecular formula is C7H9N3. The molecule has 0 amide bonds. The van der Waals surface area contributed by atoms with Gasteiger partial charge in [-0.2, -0.15) is 5.10 Å². The van der Waals surface area contributed by atoms with E-state index in [0.29, 0.717) is 0 Å². The maximum Gasteiger partial charge on any atom is 0.0818 e. The second-order valence-corrected chi connectivity index (χ2v) is 2.47. The summed E-state index contributed by atoms with van der Waals surface area (Å²) in [4.78, 5) is 4.17. The van der Waals surface area contributed by atoms with Crippen LogP contribution in [0.15, 0.2) is 11.2 Å². The SMILES string of the molecule is Cc1cnn2c1C=NCC2. The summed E-state index contributed by atoms with van der Waals surface area (Å²) in [6, 6.07) is 0. The molecule has 3 heteroatoms. The van der Waals surface area contributed by atoms with Crippen molar-refractivity contribution >= 4 is 6.21 Å². The number of aryl methyl sites for hydroxylation is 1. The molecular weight excluding hydrogens is 126 g/mol. The molecule has 0 atom stereocenters. The molecule has 3 nitrogen and oxygen atoms in total. The third-order valence-electron chi connectivity index (χ3n) is 1.73. The zero-order chi connectivity index (χ0) is 6.97. The highest BCUT2D eigenvalue weighted by Gasteiger charge is 2.06. The third-order valence-corrected chi connectivity index (χ3v) is 1.73. The lowest BCUT2D eigenvalue weighted by Gasteiger charge is -2.06. The average molecular weight is 135 g/mol. The largest absolute Gasteiger partial charge is 0.289 e. The van der Waals surface area contributed by atoms with Gasteiger partial charge < -0.3 is 0 Å². The summed E-state index contributed by atoms with van der Waals surface area (Å²) in [6.45, 7) is 3.85. The Kier molecular flexibility index (Phi) is 1.09. The predicted molar refractivity (Wildman–Crippen MR) is 39.4 cm³/mol. The van der Waals surface area contributed by atoms with Crippen molar-refractivity contribution in [3.63, 3.8) is 0 Å². The molecule has 0 fully saturated rings. The van der Waals surface area contributed by atoms with Crippen LogP contribution in [0.25, 0.3) is 0 Å². The lowest BCUT2D eigenvalue weighted by atomic mass is 10.3. The van der Waals surface area contributed by atoms with Gasteiger partial charge in [0.15, 0.2) is 0 Å². The Hall–Kier alpha value is -1.12. The smallest absolute Gasteiger partial charge is 0.0818 e. The molecule has 0 N–H and O–H groups in total. The molecule has 1 aromatic rings. The summed E-state index contributed by atoms with van der Waals surface area (Å²) < 4.78 is 1.99. The van der Waals surface area contributed by atoms with Gasteiger partial charge >= 0.3 is 0 Å². The number of fused-ring (bicyclic) bond motifs is 1. The molecule has 0 aromatic carbocycles. The van der Waals surface area contributed by atoms with E-state index < -0.39 is 0 Å². The van der Waals surface area contributed by atoms with Gasteiger partial charge in [-0.25, -0.2) is 0 Å². The minimum absolute atomic E-state index is 0.869. The van der Waals surface area contributed by atoms with Gasteiger partial charge in [0.05, 0.1) is 25.0 Å². The quantitative estimate of drug-likeness (QED) is 0.513. The molecule has 1 aliphatic heterocycles. The minimum Gasteiger partial charge on any atom is -0.289 e. The van der Waals surface area contributed by atoms with Crippen LogP contribution in [-0.2, 0) is 6.54 Å². The first-order valence-electron chi connectivity index (χ1n) is 3.40. The van der Waals surface area contributed by atoms with Crippen LogP contribution >= 0.6 is 0 Å². The first-order valence-corrected chi connectivity index (χ1v) is 3.40. The van der Waals surface area contributed by atoms with Crippen LogP contribution in [0.3, 0.4) is 0 Å².